The Kier molecular flexibility index (Phi) is 6.04. The van der Waals surface area contributed by atoms with Crippen molar-refractivity contribution in [1.82, 2.24) is 0 Å². The Morgan fingerprint density at radius 1 is 0.852 bits per heavy atom. The highest BCUT2D eigenvalue weighted by Gasteiger charge is 2.78. The zero-order valence-corrected chi connectivity index (χ0v) is 13.4. The van der Waals surface area contributed by atoms with Crippen molar-refractivity contribution in [3.8, 4) is 5.75 Å². The number of benzene rings is 1. The minimum Gasteiger partial charge on any atom is -0.427 e. The second kappa shape index (κ2) is 7.00. The van der Waals surface area contributed by atoms with Gasteiger partial charge in [0, 0.05) is 5.56 Å². The maximum absolute atomic E-state index is 13.6. The summed E-state index contributed by atoms with van der Waals surface area (Å²) in [4.78, 5) is 11.0. The second-order valence-corrected chi connectivity index (χ2v) is 5.39. The molecule has 0 bridgehead atoms. The first-order valence-corrected chi connectivity index (χ1v) is 6.80. The Morgan fingerprint density at radius 3 is 1.67 bits per heavy atom. The molecule has 0 spiro atoms. The number of rotatable bonds is 7. The lowest BCUT2D eigenvalue weighted by molar-refractivity contribution is -0.469. The van der Waals surface area contributed by atoms with Gasteiger partial charge in [-0.3, -0.25) is 9.53 Å². The molecule has 0 saturated heterocycles. The van der Waals surface area contributed by atoms with Gasteiger partial charge in [-0.05, 0) is 42.8 Å². The molecule has 27 heavy (non-hydrogen) atoms. The smallest absolute Gasteiger partial charge is 0.427 e. The summed E-state index contributed by atoms with van der Waals surface area (Å²) in [7, 11) is 0. The lowest BCUT2D eigenvalue weighted by Gasteiger charge is -2.33. The van der Waals surface area contributed by atoms with E-state index in [-0.39, 0.29) is 5.56 Å². The largest absolute Gasteiger partial charge is 0.475 e. The summed E-state index contributed by atoms with van der Waals surface area (Å²) in [5, 5.41) is -5.63. The summed E-state index contributed by atoms with van der Waals surface area (Å²) in [6.07, 6.45) is -19.4. The Balaban J connectivity index is 3.08. The molecule has 0 fully saturated rings. The summed E-state index contributed by atoms with van der Waals surface area (Å²) in [6.45, 7) is 1.09. The fourth-order valence-corrected chi connectivity index (χ4v) is 1.55. The van der Waals surface area contributed by atoms with Crippen molar-refractivity contribution in [2.24, 2.45) is 0 Å². The Hall–Kier alpha value is -1.76. The van der Waals surface area contributed by atoms with Crippen molar-refractivity contribution in [3.63, 3.8) is 0 Å². The average Bonchev–Trinajstić information content (AvgIpc) is 2.44. The summed E-state index contributed by atoms with van der Waals surface area (Å²) >= 11 is 4.30. The van der Waals surface area contributed by atoms with Gasteiger partial charge in [-0.2, -0.15) is 43.9 Å². The zero-order valence-electron chi connectivity index (χ0n) is 12.7. The second-order valence-electron chi connectivity index (χ2n) is 4.91. The van der Waals surface area contributed by atoms with Crippen LogP contribution < -0.4 is 4.74 Å². The van der Waals surface area contributed by atoms with Crippen molar-refractivity contribution >= 4 is 17.4 Å². The van der Waals surface area contributed by atoms with Gasteiger partial charge in [0.05, 0.1) is 0 Å². The molecule has 0 aliphatic carbocycles. The zero-order chi connectivity index (χ0) is 21.5. The molecule has 154 valence electrons. The van der Waals surface area contributed by atoms with Gasteiger partial charge in [-0.25, -0.2) is 0 Å². The predicted octanol–water partition coefficient (Wildman–Crippen LogP) is 5.53. The molecule has 0 aliphatic heterocycles. The van der Waals surface area contributed by atoms with Gasteiger partial charge in [0.15, 0.2) is 5.78 Å². The van der Waals surface area contributed by atoms with E-state index in [9.17, 15) is 48.7 Å². The molecule has 0 heterocycles. The van der Waals surface area contributed by atoms with E-state index in [1.165, 1.54) is 0 Å². The Bertz CT molecular complexity index is 685. The van der Waals surface area contributed by atoms with Crippen molar-refractivity contribution in [1.29, 1.82) is 0 Å². The molecule has 1 rings (SSSR count). The van der Waals surface area contributed by atoms with Crippen molar-refractivity contribution in [2.45, 2.75) is 36.6 Å². The number of carbonyl (C=O) groups excluding carboxylic acids is 1. The number of Topliss-reactive ketones (excluding diaryl/α,β-unsaturated/α-hetero) is 1. The molecule has 1 unspecified atom stereocenters. The monoisotopic (exact) mass is 436 g/mol. The summed E-state index contributed by atoms with van der Waals surface area (Å²) in [5.74, 6) is -8.57. The van der Waals surface area contributed by atoms with E-state index in [4.69, 9.17) is 0 Å². The van der Waals surface area contributed by atoms with E-state index in [2.05, 4.69) is 21.1 Å². The molecule has 14 heteroatoms. The van der Waals surface area contributed by atoms with Crippen LogP contribution >= 0.6 is 11.6 Å². The third-order valence-electron chi connectivity index (χ3n) is 2.82. The van der Waals surface area contributed by atoms with Crippen molar-refractivity contribution in [2.75, 3.05) is 0 Å². The van der Waals surface area contributed by atoms with Crippen molar-refractivity contribution < 1.29 is 58.2 Å². The third kappa shape index (κ3) is 4.75. The third-order valence-corrected chi connectivity index (χ3v) is 3.12. The fourth-order valence-electron chi connectivity index (χ4n) is 1.41. The minimum atomic E-state index is -7.05. The number of hydrogen-bond donors (Lipinski definition) is 0. The fraction of sp³-hybridized carbons (Fsp3) is 0.462. The van der Waals surface area contributed by atoms with E-state index in [1.54, 1.807) is 0 Å². The van der Waals surface area contributed by atoms with Crippen molar-refractivity contribution in [3.05, 3.63) is 29.8 Å². The minimum absolute atomic E-state index is 0.0318. The highest BCUT2D eigenvalue weighted by molar-refractivity contribution is 6.22. The van der Waals surface area contributed by atoms with E-state index < -0.39 is 41.2 Å². The van der Waals surface area contributed by atoms with Crippen LogP contribution in [0.5, 0.6) is 5.75 Å². The maximum atomic E-state index is 13.6. The topological polar surface area (TPSA) is 35.5 Å². The summed E-state index contributed by atoms with van der Waals surface area (Å²) in [5.41, 5.74) is -0.0318. The van der Waals surface area contributed by atoms with Crippen LogP contribution in [0, 0.1) is 0 Å². The van der Waals surface area contributed by atoms with Gasteiger partial charge < -0.3 is 4.74 Å². The molecule has 0 amide bonds. The van der Waals surface area contributed by atoms with Crippen LogP contribution in [0.25, 0.3) is 0 Å². The summed E-state index contributed by atoms with van der Waals surface area (Å²) in [6, 6.07) is 3.02. The van der Waals surface area contributed by atoms with Gasteiger partial charge in [0.1, 0.15) is 5.75 Å². The maximum Gasteiger partial charge on any atom is 0.475 e. The average molecular weight is 437 g/mol. The highest BCUT2D eigenvalue weighted by atomic mass is 35.5. The number of hydrogen-bond acceptors (Lipinski definition) is 3. The van der Waals surface area contributed by atoms with Gasteiger partial charge >= 0.3 is 29.6 Å². The van der Waals surface area contributed by atoms with E-state index in [0.29, 0.717) is 12.1 Å². The first kappa shape index (κ1) is 23.3. The summed E-state index contributed by atoms with van der Waals surface area (Å²) < 4.78 is 134. The molecule has 1 aromatic carbocycles. The number of alkyl halides is 11. The van der Waals surface area contributed by atoms with Gasteiger partial charge in [0.25, 0.3) is 0 Å². The molecular formula is C13H7ClF10O3. The van der Waals surface area contributed by atoms with E-state index in [1.807, 2.05) is 0 Å². The molecule has 0 aliphatic rings. The van der Waals surface area contributed by atoms with Crippen LogP contribution in [0.4, 0.5) is 43.9 Å². The Morgan fingerprint density at radius 2 is 1.30 bits per heavy atom. The van der Waals surface area contributed by atoms with Gasteiger partial charge in [0.2, 0.25) is 0 Å². The van der Waals surface area contributed by atoms with Crippen LogP contribution in [0.2, 0.25) is 0 Å². The Labute approximate surface area is 148 Å². The first-order chi connectivity index (χ1) is 11.8. The number of carbonyl (C=O) groups is 1. The molecule has 3 nitrogen and oxygen atoms in total. The van der Waals surface area contributed by atoms with Gasteiger partial charge in [-0.1, -0.05) is 0 Å². The standard InChI is InChI=1S/C13H7ClF10O3/c1-6(25)7-2-4-8(5-3-7)26-13(23,24)10(14,17)27-12(21,22)9(15,16)11(18,19)20/h2-5H,1H3. The molecule has 0 aromatic heterocycles. The van der Waals surface area contributed by atoms with Crippen LogP contribution in [-0.2, 0) is 4.74 Å². The lowest BCUT2D eigenvalue weighted by atomic mass is 10.1. The van der Waals surface area contributed by atoms with Crippen LogP contribution in [0.15, 0.2) is 24.3 Å². The lowest BCUT2D eigenvalue weighted by Crippen LogP contribution is -2.59. The molecule has 0 saturated carbocycles. The van der Waals surface area contributed by atoms with E-state index >= 15 is 0 Å². The van der Waals surface area contributed by atoms with E-state index in [0.717, 1.165) is 19.1 Å². The molecule has 1 aromatic rings. The SMILES string of the molecule is CC(=O)c1ccc(OC(F)(F)C(F)(Cl)OC(F)(F)C(F)(F)C(F)(F)F)cc1. The predicted molar refractivity (Wildman–Crippen MR) is 68.7 cm³/mol. The number of ether oxygens (including phenoxy) is 2. The molecular weight excluding hydrogens is 430 g/mol. The molecule has 1 atom stereocenters. The first-order valence-electron chi connectivity index (χ1n) is 6.42. The van der Waals surface area contributed by atoms with Crippen LogP contribution in [-0.4, -0.2) is 35.4 Å². The highest BCUT2D eigenvalue weighted by Crippen LogP contribution is 2.51. The number of ketones is 1. The van der Waals surface area contributed by atoms with Crippen LogP contribution in [0.1, 0.15) is 17.3 Å². The molecule has 0 radical (unpaired) electrons. The quantitative estimate of drug-likeness (QED) is 0.320. The normalized spacial score (nSPS) is 16.0. The van der Waals surface area contributed by atoms with Gasteiger partial charge in [-0.15, -0.1) is 0 Å². The van der Waals surface area contributed by atoms with Crippen LogP contribution in [0.3, 0.4) is 0 Å². The molecule has 0 N–H and O–H groups in total. The number of halogens is 11.